The first kappa shape index (κ1) is 28.2. The SMILES string of the molecule is CCCCCCCCc1ccc(OC(=O)c2ccc(-c3ccc(CCC(C)CC)cc3)cc2)c(C#N)c1. The van der Waals surface area contributed by atoms with Crippen LogP contribution in [0.25, 0.3) is 11.1 Å². The summed E-state index contributed by atoms with van der Waals surface area (Å²) in [5.74, 6) is 0.614. The number of nitriles is 1. The second-order valence-electron chi connectivity index (χ2n) is 10.2. The third-order valence-corrected chi connectivity index (χ3v) is 7.22. The average molecular weight is 496 g/mol. The quantitative estimate of drug-likeness (QED) is 0.127. The Bertz CT molecular complexity index is 1160. The topological polar surface area (TPSA) is 50.1 Å². The van der Waals surface area contributed by atoms with Crippen molar-refractivity contribution in [1.82, 2.24) is 0 Å². The van der Waals surface area contributed by atoms with E-state index >= 15 is 0 Å². The molecule has 1 unspecified atom stereocenters. The lowest BCUT2D eigenvalue weighted by Crippen LogP contribution is -2.09. The molecule has 0 aliphatic carbocycles. The lowest BCUT2D eigenvalue weighted by molar-refractivity contribution is 0.0734. The van der Waals surface area contributed by atoms with E-state index in [1.807, 2.05) is 24.3 Å². The lowest BCUT2D eigenvalue weighted by atomic mass is 9.97. The smallest absolute Gasteiger partial charge is 0.343 e. The van der Waals surface area contributed by atoms with Gasteiger partial charge < -0.3 is 4.74 Å². The van der Waals surface area contributed by atoms with Crippen LogP contribution in [0, 0.1) is 17.2 Å². The minimum Gasteiger partial charge on any atom is -0.422 e. The normalized spacial score (nSPS) is 11.6. The Morgan fingerprint density at radius 2 is 1.43 bits per heavy atom. The zero-order valence-corrected chi connectivity index (χ0v) is 22.8. The van der Waals surface area contributed by atoms with Gasteiger partial charge in [-0.05, 0) is 78.1 Å². The Kier molecular flexibility index (Phi) is 11.4. The predicted molar refractivity (Wildman–Crippen MR) is 153 cm³/mol. The van der Waals surface area contributed by atoms with Gasteiger partial charge in [0.25, 0.3) is 0 Å². The van der Waals surface area contributed by atoms with Gasteiger partial charge in [0.1, 0.15) is 11.8 Å². The molecule has 0 heterocycles. The Hall–Kier alpha value is -3.38. The molecule has 0 aromatic heterocycles. The fraction of sp³-hybridized carbons (Fsp3) is 0.412. The molecule has 0 spiro atoms. The molecule has 0 fully saturated rings. The molecule has 1 atom stereocenters. The number of hydrogen-bond acceptors (Lipinski definition) is 3. The molecular formula is C34H41NO2. The zero-order chi connectivity index (χ0) is 26.5. The highest BCUT2D eigenvalue weighted by molar-refractivity contribution is 5.92. The maximum Gasteiger partial charge on any atom is 0.343 e. The number of unbranched alkanes of at least 4 members (excludes halogenated alkanes) is 5. The molecule has 37 heavy (non-hydrogen) atoms. The minimum atomic E-state index is -0.452. The van der Waals surface area contributed by atoms with Crippen molar-refractivity contribution in [2.24, 2.45) is 5.92 Å². The van der Waals surface area contributed by atoms with Crippen LogP contribution in [-0.4, -0.2) is 5.97 Å². The molecule has 0 aliphatic rings. The standard InChI is InChI=1S/C34H41NO2/c1-4-6-7-8-9-10-11-28-16-23-33(32(24-28)25-35)37-34(36)31-21-19-30(20-22-31)29-17-14-27(15-18-29)13-12-26(3)5-2/h14-24,26H,4-13H2,1-3H3. The van der Waals surface area contributed by atoms with Gasteiger partial charge in [-0.3, -0.25) is 0 Å². The van der Waals surface area contributed by atoms with Gasteiger partial charge >= 0.3 is 5.97 Å². The molecular weight excluding hydrogens is 454 g/mol. The predicted octanol–water partition coefficient (Wildman–Crippen LogP) is 9.33. The molecule has 3 aromatic carbocycles. The van der Waals surface area contributed by atoms with E-state index in [4.69, 9.17) is 4.74 Å². The van der Waals surface area contributed by atoms with Crippen LogP contribution in [0.3, 0.4) is 0 Å². The summed E-state index contributed by atoms with van der Waals surface area (Å²) in [5, 5.41) is 9.61. The van der Waals surface area contributed by atoms with Crippen molar-refractivity contribution in [2.45, 2.75) is 85.0 Å². The van der Waals surface area contributed by atoms with E-state index in [0.717, 1.165) is 41.9 Å². The van der Waals surface area contributed by atoms with Gasteiger partial charge in [-0.15, -0.1) is 0 Å². The number of hydrogen-bond donors (Lipinski definition) is 0. The molecule has 3 nitrogen and oxygen atoms in total. The summed E-state index contributed by atoms with van der Waals surface area (Å²) in [7, 11) is 0. The summed E-state index contributed by atoms with van der Waals surface area (Å²) in [6.07, 6.45) is 11.9. The number of rotatable bonds is 14. The fourth-order valence-corrected chi connectivity index (χ4v) is 4.46. The first-order valence-electron chi connectivity index (χ1n) is 14.0. The molecule has 0 saturated carbocycles. The Morgan fingerprint density at radius 3 is 2.08 bits per heavy atom. The molecule has 0 radical (unpaired) electrons. The highest BCUT2D eigenvalue weighted by atomic mass is 16.5. The van der Waals surface area contributed by atoms with E-state index in [2.05, 4.69) is 51.1 Å². The number of esters is 1. The molecule has 0 amide bonds. The fourth-order valence-electron chi connectivity index (χ4n) is 4.46. The summed E-state index contributed by atoms with van der Waals surface area (Å²) >= 11 is 0. The van der Waals surface area contributed by atoms with E-state index < -0.39 is 5.97 Å². The maximum atomic E-state index is 12.8. The second-order valence-corrected chi connectivity index (χ2v) is 10.2. The summed E-state index contributed by atoms with van der Waals surface area (Å²) in [6.45, 7) is 6.76. The molecule has 3 rings (SSSR count). The number of carbonyl (C=O) groups excluding carboxylic acids is 1. The Labute approximate surface area is 223 Å². The average Bonchev–Trinajstić information content (AvgIpc) is 2.94. The van der Waals surface area contributed by atoms with Crippen molar-refractivity contribution in [3.8, 4) is 22.9 Å². The van der Waals surface area contributed by atoms with Crippen LogP contribution < -0.4 is 4.74 Å². The molecule has 3 aromatic rings. The number of nitrogens with zero attached hydrogens (tertiary/aromatic N) is 1. The van der Waals surface area contributed by atoms with Crippen molar-refractivity contribution >= 4 is 5.97 Å². The van der Waals surface area contributed by atoms with Crippen LogP contribution in [0.15, 0.2) is 66.7 Å². The minimum absolute atomic E-state index is 0.316. The summed E-state index contributed by atoms with van der Waals surface area (Å²) in [6, 6.07) is 23.9. The van der Waals surface area contributed by atoms with Crippen LogP contribution in [0.5, 0.6) is 5.75 Å². The van der Waals surface area contributed by atoms with Gasteiger partial charge in [-0.1, -0.05) is 102 Å². The number of benzene rings is 3. The van der Waals surface area contributed by atoms with Crippen molar-refractivity contribution in [2.75, 3.05) is 0 Å². The van der Waals surface area contributed by atoms with Crippen LogP contribution in [0.4, 0.5) is 0 Å². The first-order valence-corrected chi connectivity index (χ1v) is 14.0. The first-order chi connectivity index (χ1) is 18.0. The van der Waals surface area contributed by atoms with Crippen molar-refractivity contribution in [1.29, 1.82) is 5.26 Å². The van der Waals surface area contributed by atoms with E-state index in [0.29, 0.717) is 16.9 Å². The molecule has 194 valence electrons. The Balaban J connectivity index is 1.56. The van der Waals surface area contributed by atoms with Crippen LogP contribution in [0.1, 0.15) is 99.2 Å². The van der Waals surface area contributed by atoms with E-state index in [1.54, 1.807) is 18.2 Å². The van der Waals surface area contributed by atoms with Gasteiger partial charge in [0, 0.05) is 0 Å². The zero-order valence-electron chi connectivity index (χ0n) is 22.8. The molecule has 0 bridgehead atoms. The molecule has 3 heteroatoms. The Morgan fingerprint density at radius 1 is 0.811 bits per heavy atom. The van der Waals surface area contributed by atoms with E-state index in [9.17, 15) is 10.1 Å². The molecule has 0 N–H and O–H groups in total. The van der Waals surface area contributed by atoms with Gasteiger partial charge in [0.2, 0.25) is 0 Å². The largest absolute Gasteiger partial charge is 0.422 e. The van der Waals surface area contributed by atoms with E-state index in [-0.39, 0.29) is 0 Å². The number of ether oxygens (including phenoxy) is 1. The number of aryl methyl sites for hydroxylation is 2. The van der Waals surface area contributed by atoms with Gasteiger partial charge in [0.05, 0.1) is 11.1 Å². The summed E-state index contributed by atoms with van der Waals surface area (Å²) in [5.41, 5.74) is 5.52. The summed E-state index contributed by atoms with van der Waals surface area (Å²) in [4.78, 5) is 12.8. The van der Waals surface area contributed by atoms with Gasteiger partial charge in [-0.2, -0.15) is 5.26 Å². The van der Waals surface area contributed by atoms with Crippen molar-refractivity contribution in [3.05, 3.63) is 89.0 Å². The van der Waals surface area contributed by atoms with Crippen LogP contribution >= 0.6 is 0 Å². The second kappa shape index (κ2) is 15.0. The number of carbonyl (C=O) groups is 1. The van der Waals surface area contributed by atoms with Crippen LogP contribution in [-0.2, 0) is 12.8 Å². The maximum absolute atomic E-state index is 12.8. The third kappa shape index (κ3) is 8.90. The molecule has 0 saturated heterocycles. The van der Waals surface area contributed by atoms with E-state index in [1.165, 1.54) is 50.5 Å². The van der Waals surface area contributed by atoms with Gasteiger partial charge in [-0.25, -0.2) is 4.79 Å². The van der Waals surface area contributed by atoms with Crippen LogP contribution in [0.2, 0.25) is 0 Å². The van der Waals surface area contributed by atoms with Crippen molar-refractivity contribution in [3.63, 3.8) is 0 Å². The monoisotopic (exact) mass is 495 g/mol. The highest BCUT2D eigenvalue weighted by Gasteiger charge is 2.13. The molecule has 0 aliphatic heterocycles. The highest BCUT2D eigenvalue weighted by Crippen LogP contribution is 2.24. The van der Waals surface area contributed by atoms with Gasteiger partial charge in [0.15, 0.2) is 0 Å². The summed E-state index contributed by atoms with van der Waals surface area (Å²) < 4.78 is 5.60. The lowest BCUT2D eigenvalue weighted by Gasteiger charge is -2.10. The third-order valence-electron chi connectivity index (χ3n) is 7.22. The van der Waals surface area contributed by atoms with Crippen molar-refractivity contribution < 1.29 is 9.53 Å².